The third-order valence-corrected chi connectivity index (χ3v) is 2.31. The number of nitrogens with zero attached hydrogens (tertiary/aromatic N) is 2. The number of anilines is 2. The second-order valence-electron chi connectivity index (χ2n) is 3.67. The summed E-state index contributed by atoms with van der Waals surface area (Å²) < 4.78 is 0. The van der Waals surface area contributed by atoms with E-state index in [0.717, 1.165) is 0 Å². The number of nitro groups is 1. The van der Waals surface area contributed by atoms with Gasteiger partial charge in [0, 0.05) is 11.8 Å². The van der Waals surface area contributed by atoms with Crippen LogP contribution in [0.1, 0.15) is 13.8 Å². The Morgan fingerprint density at radius 3 is 2.29 bits per heavy atom. The molecule has 0 aliphatic heterocycles. The van der Waals surface area contributed by atoms with Crippen molar-refractivity contribution in [2.75, 3.05) is 10.6 Å². The Kier molecular flexibility index (Phi) is 3.87. The van der Waals surface area contributed by atoms with Crippen LogP contribution in [0.15, 0.2) is 18.2 Å². The number of aliphatic hydroxyl groups excluding tert-OH is 2. The molecule has 7 nitrogen and oxygen atoms in total. The van der Waals surface area contributed by atoms with Crippen molar-refractivity contribution in [1.82, 2.24) is 0 Å². The van der Waals surface area contributed by atoms with E-state index in [-0.39, 0.29) is 11.4 Å². The van der Waals surface area contributed by atoms with Gasteiger partial charge in [-0.3, -0.25) is 10.1 Å². The fourth-order valence-electron chi connectivity index (χ4n) is 1.59. The molecule has 0 aromatic heterocycles. The Morgan fingerprint density at radius 2 is 1.88 bits per heavy atom. The first kappa shape index (κ1) is 13.2. The largest absolute Gasteiger partial charge is 0.393 e. The van der Waals surface area contributed by atoms with Crippen molar-refractivity contribution in [2.45, 2.75) is 26.3 Å². The van der Waals surface area contributed by atoms with Gasteiger partial charge < -0.3 is 20.8 Å². The number of nitrogen functional groups attached to an aromatic ring is 1. The molecule has 1 aromatic carbocycles. The lowest BCUT2D eigenvalue weighted by molar-refractivity contribution is -0.383. The van der Waals surface area contributed by atoms with Gasteiger partial charge >= 0.3 is 0 Å². The summed E-state index contributed by atoms with van der Waals surface area (Å²) >= 11 is 0. The molecule has 0 aliphatic rings. The monoisotopic (exact) mass is 241 g/mol. The fourth-order valence-corrected chi connectivity index (χ4v) is 1.59. The van der Waals surface area contributed by atoms with Crippen LogP contribution < -0.4 is 10.6 Å². The van der Waals surface area contributed by atoms with Crippen LogP contribution in [0.5, 0.6) is 0 Å². The van der Waals surface area contributed by atoms with E-state index in [4.69, 9.17) is 5.73 Å². The zero-order chi connectivity index (χ0) is 13.2. The highest BCUT2D eigenvalue weighted by molar-refractivity contribution is 5.66. The maximum atomic E-state index is 10.7. The second-order valence-corrected chi connectivity index (χ2v) is 3.67. The molecule has 0 amide bonds. The third-order valence-electron chi connectivity index (χ3n) is 2.31. The highest BCUT2D eigenvalue weighted by Crippen LogP contribution is 2.28. The van der Waals surface area contributed by atoms with Gasteiger partial charge in [0.2, 0.25) is 0 Å². The number of hydrogen-bond donors (Lipinski definition) is 3. The molecule has 0 heterocycles. The molecule has 0 saturated heterocycles. The van der Waals surface area contributed by atoms with Crippen molar-refractivity contribution in [2.24, 2.45) is 0 Å². The fraction of sp³-hybridized carbons (Fsp3) is 0.400. The molecule has 1 aromatic rings. The Bertz CT molecular complexity index is 412. The zero-order valence-corrected chi connectivity index (χ0v) is 9.57. The average Bonchev–Trinajstić information content (AvgIpc) is 2.19. The van der Waals surface area contributed by atoms with Gasteiger partial charge in [-0.1, -0.05) is 0 Å². The van der Waals surface area contributed by atoms with E-state index in [0.29, 0.717) is 5.69 Å². The minimum atomic E-state index is -0.974. The number of benzene rings is 1. The first-order valence-corrected chi connectivity index (χ1v) is 5.03. The van der Waals surface area contributed by atoms with Crippen molar-refractivity contribution in [3.63, 3.8) is 0 Å². The highest BCUT2D eigenvalue weighted by Gasteiger charge is 2.20. The van der Waals surface area contributed by atoms with Crippen LogP contribution in [0, 0.1) is 10.1 Å². The summed E-state index contributed by atoms with van der Waals surface area (Å²) in [6, 6.07) is 4.09. The van der Waals surface area contributed by atoms with Crippen molar-refractivity contribution in [3.05, 3.63) is 28.3 Å². The molecule has 0 aliphatic carbocycles. The summed E-state index contributed by atoms with van der Waals surface area (Å²) in [4.78, 5) is 11.3. The molecule has 17 heavy (non-hydrogen) atoms. The lowest BCUT2D eigenvalue weighted by Gasteiger charge is -2.30. The SMILES string of the molecule is CC(O)N(c1ccc(N)c([N+](=O)[O-])c1)C(C)O. The molecule has 7 heteroatoms. The summed E-state index contributed by atoms with van der Waals surface area (Å²) in [5.74, 6) is 0. The van der Waals surface area contributed by atoms with Gasteiger partial charge in [-0.2, -0.15) is 0 Å². The van der Waals surface area contributed by atoms with E-state index in [1.54, 1.807) is 0 Å². The Balaban J connectivity index is 3.22. The van der Waals surface area contributed by atoms with Crippen LogP contribution >= 0.6 is 0 Å². The van der Waals surface area contributed by atoms with Crippen LogP contribution in [0.3, 0.4) is 0 Å². The van der Waals surface area contributed by atoms with Crippen molar-refractivity contribution in [3.8, 4) is 0 Å². The van der Waals surface area contributed by atoms with Gasteiger partial charge in [0.05, 0.1) is 4.92 Å². The van der Waals surface area contributed by atoms with E-state index < -0.39 is 17.4 Å². The Hall–Kier alpha value is -1.86. The number of rotatable bonds is 4. The zero-order valence-electron chi connectivity index (χ0n) is 9.57. The van der Waals surface area contributed by atoms with E-state index in [9.17, 15) is 20.3 Å². The molecular weight excluding hydrogens is 226 g/mol. The van der Waals surface area contributed by atoms with Gasteiger partial charge in [-0.25, -0.2) is 0 Å². The van der Waals surface area contributed by atoms with Crippen molar-refractivity contribution < 1.29 is 15.1 Å². The maximum absolute atomic E-state index is 10.7. The molecule has 94 valence electrons. The van der Waals surface area contributed by atoms with Gasteiger partial charge in [0.1, 0.15) is 18.1 Å². The Morgan fingerprint density at radius 1 is 1.35 bits per heavy atom. The van der Waals surface area contributed by atoms with Crippen LogP contribution in [0.2, 0.25) is 0 Å². The number of nitrogens with two attached hydrogens (primary N) is 1. The molecule has 0 saturated carbocycles. The van der Waals surface area contributed by atoms with Gasteiger partial charge in [-0.15, -0.1) is 0 Å². The summed E-state index contributed by atoms with van der Waals surface area (Å²) in [5, 5.41) is 29.7. The normalized spacial score (nSPS) is 14.1. The third kappa shape index (κ3) is 2.83. The van der Waals surface area contributed by atoms with Crippen molar-refractivity contribution in [1.29, 1.82) is 0 Å². The molecule has 4 N–H and O–H groups in total. The standard InChI is InChI=1S/C10H15N3O4/c1-6(14)12(7(2)15)8-3-4-9(11)10(5-8)13(16)17/h3-7,14-15H,11H2,1-2H3. The average molecular weight is 241 g/mol. The number of nitro benzene ring substituents is 1. The summed E-state index contributed by atoms with van der Waals surface area (Å²) in [5.41, 5.74) is 5.57. The highest BCUT2D eigenvalue weighted by atomic mass is 16.6. The molecule has 1 rings (SSSR count). The minimum Gasteiger partial charge on any atom is -0.393 e. The van der Waals surface area contributed by atoms with Crippen LogP contribution in [0.25, 0.3) is 0 Å². The molecule has 0 bridgehead atoms. The molecular formula is C10H15N3O4. The quantitative estimate of drug-likeness (QED) is 0.309. The molecule has 0 spiro atoms. The minimum absolute atomic E-state index is 0.0369. The Labute approximate surface area is 98.2 Å². The van der Waals surface area contributed by atoms with Crippen molar-refractivity contribution >= 4 is 17.1 Å². The van der Waals surface area contributed by atoms with Crippen LogP contribution in [0.4, 0.5) is 17.1 Å². The molecule has 0 fully saturated rings. The van der Waals surface area contributed by atoms with Gasteiger partial charge in [0.25, 0.3) is 5.69 Å². The second kappa shape index (κ2) is 4.98. The molecule has 2 unspecified atom stereocenters. The van der Waals surface area contributed by atoms with E-state index in [1.165, 1.54) is 36.9 Å². The van der Waals surface area contributed by atoms with Crippen LogP contribution in [-0.2, 0) is 0 Å². The first-order valence-electron chi connectivity index (χ1n) is 5.03. The lowest BCUT2D eigenvalue weighted by Crippen LogP contribution is -2.40. The molecule has 2 atom stereocenters. The van der Waals surface area contributed by atoms with E-state index in [1.807, 2.05) is 0 Å². The number of hydrogen-bond acceptors (Lipinski definition) is 6. The van der Waals surface area contributed by atoms with E-state index >= 15 is 0 Å². The maximum Gasteiger partial charge on any atom is 0.294 e. The van der Waals surface area contributed by atoms with Gasteiger partial charge in [0.15, 0.2) is 0 Å². The predicted octanol–water partition coefficient (Wildman–Crippen LogP) is 0.660. The predicted molar refractivity (Wildman–Crippen MR) is 63.3 cm³/mol. The van der Waals surface area contributed by atoms with E-state index in [2.05, 4.69) is 0 Å². The first-order chi connectivity index (χ1) is 7.84. The smallest absolute Gasteiger partial charge is 0.294 e. The van der Waals surface area contributed by atoms with Crippen LogP contribution in [-0.4, -0.2) is 27.6 Å². The lowest BCUT2D eigenvalue weighted by atomic mass is 10.2. The summed E-state index contributed by atoms with van der Waals surface area (Å²) in [6.07, 6.45) is -1.95. The summed E-state index contributed by atoms with van der Waals surface area (Å²) in [6.45, 7) is 2.91. The number of aliphatic hydroxyl groups is 2. The topological polar surface area (TPSA) is 113 Å². The summed E-state index contributed by atoms with van der Waals surface area (Å²) in [7, 11) is 0. The van der Waals surface area contributed by atoms with Gasteiger partial charge in [-0.05, 0) is 26.0 Å². The molecule has 0 radical (unpaired) electrons.